The molecule has 0 saturated carbocycles. The SMILES string of the molecule is CN=C(NCc1cccnc1N1CCOCC1)NCC(C)(C)c1ccc(F)cc1Cl. The molecule has 1 aliphatic heterocycles. The van der Waals surface area contributed by atoms with Crippen LogP contribution in [0, 0.1) is 5.82 Å². The smallest absolute Gasteiger partial charge is 0.191 e. The van der Waals surface area contributed by atoms with Crippen LogP contribution in [-0.4, -0.2) is 50.8 Å². The molecule has 1 fully saturated rings. The number of morpholine rings is 1. The molecule has 0 radical (unpaired) electrons. The van der Waals surface area contributed by atoms with Gasteiger partial charge >= 0.3 is 0 Å². The van der Waals surface area contributed by atoms with Crippen LogP contribution in [-0.2, 0) is 16.7 Å². The summed E-state index contributed by atoms with van der Waals surface area (Å²) in [5.74, 6) is 1.32. The molecule has 162 valence electrons. The Morgan fingerprint density at radius 3 is 2.73 bits per heavy atom. The van der Waals surface area contributed by atoms with E-state index in [1.165, 1.54) is 12.1 Å². The molecule has 8 heteroatoms. The maximum absolute atomic E-state index is 13.4. The molecule has 0 amide bonds. The molecule has 0 unspecified atom stereocenters. The number of pyridine rings is 1. The molecule has 1 aromatic heterocycles. The minimum atomic E-state index is -0.336. The molecule has 1 aliphatic rings. The highest BCUT2D eigenvalue weighted by Gasteiger charge is 2.24. The third-order valence-electron chi connectivity index (χ3n) is 5.21. The Kier molecular flexibility index (Phi) is 7.50. The van der Waals surface area contributed by atoms with Crippen LogP contribution in [0.15, 0.2) is 41.5 Å². The monoisotopic (exact) mass is 433 g/mol. The number of benzene rings is 1. The van der Waals surface area contributed by atoms with E-state index in [-0.39, 0.29) is 11.2 Å². The first kappa shape index (κ1) is 22.3. The van der Waals surface area contributed by atoms with Crippen molar-refractivity contribution in [3.05, 3.63) is 58.5 Å². The summed E-state index contributed by atoms with van der Waals surface area (Å²) >= 11 is 6.26. The molecule has 0 atom stereocenters. The van der Waals surface area contributed by atoms with Crippen molar-refractivity contribution in [3.63, 3.8) is 0 Å². The fraction of sp³-hybridized carbons (Fsp3) is 0.455. The van der Waals surface area contributed by atoms with Gasteiger partial charge in [-0.15, -0.1) is 0 Å². The summed E-state index contributed by atoms with van der Waals surface area (Å²) in [4.78, 5) is 11.1. The van der Waals surface area contributed by atoms with E-state index in [1.807, 2.05) is 12.3 Å². The molecular weight excluding hydrogens is 405 g/mol. The van der Waals surface area contributed by atoms with Crippen LogP contribution in [0.1, 0.15) is 25.0 Å². The summed E-state index contributed by atoms with van der Waals surface area (Å²) in [6, 6.07) is 8.53. The second-order valence-electron chi connectivity index (χ2n) is 7.87. The van der Waals surface area contributed by atoms with Crippen molar-refractivity contribution in [3.8, 4) is 0 Å². The molecule has 30 heavy (non-hydrogen) atoms. The van der Waals surface area contributed by atoms with Gasteiger partial charge < -0.3 is 20.3 Å². The number of rotatable bonds is 6. The van der Waals surface area contributed by atoms with Gasteiger partial charge in [-0.3, -0.25) is 4.99 Å². The van der Waals surface area contributed by atoms with Gasteiger partial charge in [-0.1, -0.05) is 37.6 Å². The number of halogens is 2. The van der Waals surface area contributed by atoms with Gasteiger partial charge in [-0.05, 0) is 23.8 Å². The fourth-order valence-corrected chi connectivity index (χ4v) is 3.89. The van der Waals surface area contributed by atoms with Crippen LogP contribution in [0.25, 0.3) is 0 Å². The maximum atomic E-state index is 13.4. The molecule has 0 spiro atoms. The Morgan fingerprint density at radius 1 is 1.27 bits per heavy atom. The number of guanidine groups is 1. The van der Waals surface area contributed by atoms with Crippen molar-refractivity contribution in [1.82, 2.24) is 15.6 Å². The van der Waals surface area contributed by atoms with E-state index in [0.717, 1.165) is 30.0 Å². The summed E-state index contributed by atoms with van der Waals surface area (Å²) in [6.45, 7) is 8.40. The van der Waals surface area contributed by atoms with E-state index >= 15 is 0 Å². The van der Waals surface area contributed by atoms with E-state index in [1.54, 1.807) is 13.1 Å². The first-order valence-electron chi connectivity index (χ1n) is 10.1. The number of anilines is 1. The van der Waals surface area contributed by atoms with Gasteiger partial charge in [0, 0.05) is 55.4 Å². The van der Waals surface area contributed by atoms with Crippen LogP contribution < -0.4 is 15.5 Å². The zero-order valence-electron chi connectivity index (χ0n) is 17.7. The van der Waals surface area contributed by atoms with Crippen molar-refractivity contribution >= 4 is 23.4 Å². The Balaban J connectivity index is 1.62. The van der Waals surface area contributed by atoms with Crippen molar-refractivity contribution < 1.29 is 9.13 Å². The third-order valence-corrected chi connectivity index (χ3v) is 5.52. The molecule has 3 rings (SSSR count). The summed E-state index contributed by atoms with van der Waals surface area (Å²) < 4.78 is 18.8. The lowest BCUT2D eigenvalue weighted by Crippen LogP contribution is -2.43. The number of hydrogen-bond donors (Lipinski definition) is 2. The molecule has 0 aliphatic carbocycles. The van der Waals surface area contributed by atoms with Gasteiger partial charge in [0.15, 0.2) is 5.96 Å². The maximum Gasteiger partial charge on any atom is 0.191 e. The summed E-state index contributed by atoms with van der Waals surface area (Å²) in [7, 11) is 1.74. The fourth-order valence-electron chi connectivity index (χ4n) is 3.47. The van der Waals surface area contributed by atoms with Crippen LogP contribution >= 0.6 is 11.6 Å². The topological polar surface area (TPSA) is 61.8 Å². The Hall–Kier alpha value is -2.38. The van der Waals surface area contributed by atoms with E-state index < -0.39 is 0 Å². The summed E-state index contributed by atoms with van der Waals surface area (Å²) in [5.41, 5.74) is 1.67. The standard InChI is InChI=1S/C22H29ClFN5O/c1-22(2,18-7-6-17(24)13-19(18)23)15-28-21(25-3)27-14-16-5-4-8-26-20(16)29-9-11-30-12-10-29/h4-8,13H,9-12,14-15H2,1-3H3,(H2,25,27,28). The first-order valence-corrected chi connectivity index (χ1v) is 10.4. The van der Waals surface area contributed by atoms with Gasteiger partial charge in [-0.2, -0.15) is 0 Å². The summed E-state index contributed by atoms with van der Waals surface area (Å²) in [6.07, 6.45) is 1.82. The highest BCUT2D eigenvalue weighted by molar-refractivity contribution is 6.31. The van der Waals surface area contributed by atoms with Crippen molar-refractivity contribution in [2.45, 2.75) is 25.8 Å². The second kappa shape index (κ2) is 10.1. The minimum absolute atomic E-state index is 0.310. The average Bonchev–Trinajstić information content (AvgIpc) is 2.74. The molecule has 6 nitrogen and oxygen atoms in total. The molecule has 2 heterocycles. The lowest BCUT2D eigenvalue weighted by atomic mass is 9.84. The van der Waals surface area contributed by atoms with Gasteiger partial charge in [0.05, 0.1) is 13.2 Å². The van der Waals surface area contributed by atoms with Crippen LogP contribution in [0.2, 0.25) is 5.02 Å². The largest absolute Gasteiger partial charge is 0.378 e. The number of ether oxygens (including phenoxy) is 1. The minimum Gasteiger partial charge on any atom is -0.378 e. The lowest BCUT2D eigenvalue weighted by Gasteiger charge is -2.30. The van der Waals surface area contributed by atoms with E-state index in [4.69, 9.17) is 16.3 Å². The predicted molar refractivity (Wildman–Crippen MR) is 120 cm³/mol. The molecule has 2 aromatic rings. The Labute approximate surface area is 182 Å². The van der Waals surface area contributed by atoms with Gasteiger partial charge in [0.2, 0.25) is 0 Å². The predicted octanol–water partition coefficient (Wildman–Crippen LogP) is 3.35. The molecule has 2 N–H and O–H groups in total. The van der Waals surface area contributed by atoms with Gasteiger partial charge in [-0.25, -0.2) is 9.37 Å². The zero-order chi connectivity index (χ0) is 21.6. The lowest BCUT2D eigenvalue weighted by molar-refractivity contribution is 0.122. The van der Waals surface area contributed by atoms with Gasteiger partial charge in [0.25, 0.3) is 0 Å². The number of nitrogens with zero attached hydrogens (tertiary/aromatic N) is 3. The Bertz CT molecular complexity index is 884. The highest BCUT2D eigenvalue weighted by Crippen LogP contribution is 2.30. The van der Waals surface area contributed by atoms with E-state index in [0.29, 0.717) is 37.3 Å². The second-order valence-corrected chi connectivity index (χ2v) is 8.28. The third kappa shape index (κ3) is 5.61. The number of hydrogen-bond acceptors (Lipinski definition) is 4. The summed E-state index contributed by atoms with van der Waals surface area (Å²) in [5, 5.41) is 7.14. The van der Waals surface area contributed by atoms with Crippen LogP contribution in [0.3, 0.4) is 0 Å². The molecule has 1 aromatic carbocycles. The number of nitrogens with one attached hydrogen (secondary N) is 2. The van der Waals surface area contributed by atoms with E-state index in [9.17, 15) is 4.39 Å². The van der Waals surface area contributed by atoms with Crippen molar-refractivity contribution in [2.75, 3.05) is 44.8 Å². The van der Waals surface area contributed by atoms with Crippen molar-refractivity contribution in [1.29, 1.82) is 0 Å². The van der Waals surface area contributed by atoms with Gasteiger partial charge in [0.1, 0.15) is 11.6 Å². The average molecular weight is 434 g/mol. The number of aliphatic imine (C=N–C) groups is 1. The molecular formula is C22H29ClFN5O. The Morgan fingerprint density at radius 2 is 2.03 bits per heavy atom. The van der Waals surface area contributed by atoms with Crippen molar-refractivity contribution in [2.24, 2.45) is 4.99 Å². The first-order chi connectivity index (χ1) is 14.4. The zero-order valence-corrected chi connectivity index (χ0v) is 18.5. The van der Waals surface area contributed by atoms with Crippen LogP contribution in [0.5, 0.6) is 0 Å². The highest BCUT2D eigenvalue weighted by atomic mass is 35.5. The number of aromatic nitrogens is 1. The van der Waals surface area contributed by atoms with Crippen LogP contribution in [0.4, 0.5) is 10.2 Å². The quantitative estimate of drug-likeness (QED) is 0.540. The molecule has 1 saturated heterocycles. The molecule has 0 bridgehead atoms. The normalized spacial score (nSPS) is 15.2. The van der Waals surface area contributed by atoms with E-state index in [2.05, 4.69) is 45.4 Å².